The van der Waals surface area contributed by atoms with Gasteiger partial charge in [0.05, 0.1) is 12.7 Å². The molecule has 1 atom stereocenters. The van der Waals surface area contributed by atoms with E-state index in [0.29, 0.717) is 0 Å². The number of hydrogen-bond donors (Lipinski definition) is 1. The maximum absolute atomic E-state index is 5.75. The number of nitrogens with one attached hydrogen (secondary N) is 1. The summed E-state index contributed by atoms with van der Waals surface area (Å²) >= 11 is 3.57. The molecule has 2 rings (SSSR count). The molecule has 1 unspecified atom stereocenters. The summed E-state index contributed by atoms with van der Waals surface area (Å²) in [7, 11) is 1.73. The van der Waals surface area contributed by atoms with Crippen LogP contribution in [0.15, 0.2) is 22.7 Å². The van der Waals surface area contributed by atoms with Crippen LogP contribution in [0.3, 0.4) is 0 Å². The van der Waals surface area contributed by atoms with Crippen LogP contribution in [0.1, 0.15) is 18.9 Å². The van der Waals surface area contributed by atoms with Crippen LogP contribution in [0.25, 0.3) is 0 Å². The average Bonchev–Trinajstić information content (AvgIpc) is 2.68. The van der Waals surface area contributed by atoms with Crippen molar-refractivity contribution in [1.29, 1.82) is 0 Å². The Bertz CT molecular complexity index is 442. The molecule has 1 aliphatic heterocycles. The summed E-state index contributed by atoms with van der Waals surface area (Å²) in [6.07, 6.45) is 1.36. The van der Waals surface area contributed by atoms with Gasteiger partial charge in [0.25, 0.3) is 0 Å². The van der Waals surface area contributed by atoms with Gasteiger partial charge in [0.15, 0.2) is 0 Å². The molecule has 0 radical (unpaired) electrons. The molecule has 0 amide bonds. The summed E-state index contributed by atoms with van der Waals surface area (Å²) in [5, 5.41) is 3.43. The SMILES string of the molecule is COCCNCc1cc(Br)ccc1N1CCCOC(C)C1. The molecule has 0 bridgehead atoms. The van der Waals surface area contributed by atoms with Crippen molar-refractivity contribution in [3.63, 3.8) is 0 Å². The van der Waals surface area contributed by atoms with Crippen molar-refractivity contribution in [3.05, 3.63) is 28.2 Å². The topological polar surface area (TPSA) is 33.7 Å². The molecule has 5 heteroatoms. The van der Waals surface area contributed by atoms with Gasteiger partial charge < -0.3 is 19.7 Å². The third-order valence-electron chi connectivity index (χ3n) is 3.63. The predicted molar refractivity (Wildman–Crippen MR) is 90.0 cm³/mol. The Labute approximate surface area is 135 Å². The van der Waals surface area contributed by atoms with E-state index in [0.717, 1.165) is 50.3 Å². The molecule has 4 nitrogen and oxygen atoms in total. The number of rotatable bonds is 6. The number of ether oxygens (including phenoxy) is 2. The Balaban J connectivity index is 2.09. The molecule has 0 saturated carbocycles. The molecular weight excluding hydrogens is 332 g/mol. The molecule has 118 valence electrons. The van der Waals surface area contributed by atoms with Crippen molar-refractivity contribution < 1.29 is 9.47 Å². The first-order chi connectivity index (χ1) is 10.2. The van der Waals surface area contributed by atoms with Gasteiger partial charge in [-0.2, -0.15) is 0 Å². The van der Waals surface area contributed by atoms with Gasteiger partial charge in [-0.1, -0.05) is 15.9 Å². The molecule has 1 aromatic rings. The van der Waals surface area contributed by atoms with E-state index in [1.54, 1.807) is 7.11 Å². The van der Waals surface area contributed by atoms with Crippen LogP contribution in [0.4, 0.5) is 5.69 Å². The van der Waals surface area contributed by atoms with E-state index in [1.807, 2.05) is 0 Å². The van der Waals surface area contributed by atoms with Crippen LogP contribution in [0.2, 0.25) is 0 Å². The van der Waals surface area contributed by atoms with Gasteiger partial charge in [-0.3, -0.25) is 0 Å². The summed E-state index contributed by atoms with van der Waals surface area (Å²) in [6, 6.07) is 6.52. The van der Waals surface area contributed by atoms with E-state index < -0.39 is 0 Å². The van der Waals surface area contributed by atoms with E-state index in [1.165, 1.54) is 11.3 Å². The van der Waals surface area contributed by atoms with Gasteiger partial charge in [-0.25, -0.2) is 0 Å². The number of halogens is 1. The summed E-state index contributed by atoms with van der Waals surface area (Å²) in [6.45, 7) is 7.46. The van der Waals surface area contributed by atoms with Gasteiger partial charge in [0, 0.05) is 50.1 Å². The smallest absolute Gasteiger partial charge is 0.0721 e. The van der Waals surface area contributed by atoms with Gasteiger partial charge in [0.1, 0.15) is 0 Å². The highest BCUT2D eigenvalue weighted by Gasteiger charge is 2.17. The quantitative estimate of drug-likeness (QED) is 0.794. The molecule has 0 aliphatic carbocycles. The molecule has 1 saturated heterocycles. The summed E-state index contributed by atoms with van der Waals surface area (Å²) in [5.41, 5.74) is 2.62. The van der Waals surface area contributed by atoms with E-state index in [4.69, 9.17) is 9.47 Å². The monoisotopic (exact) mass is 356 g/mol. The van der Waals surface area contributed by atoms with E-state index in [2.05, 4.69) is 51.3 Å². The first kappa shape index (κ1) is 16.7. The lowest BCUT2D eigenvalue weighted by Gasteiger charge is -2.27. The van der Waals surface area contributed by atoms with Crippen LogP contribution in [-0.2, 0) is 16.0 Å². The third-order valence-corrected chi connectivity index (χ3v) is 4.13. The minimum Gasteiger partial charge on any atom is -0.383 e. The zero-order valence-corrected chi connectivity index (χ0v) is 14.5. The number of hydrogen-bond acceptors (Lipinski definition) is 4. The van der Waals surface area contributed by atoms with Crippen molar-refractivity contribution in [2.24, 2.45) is 0 Å². The molecule has 1 heterocycles. The zero-order valence-electron chi connectivity index (χ0n) is 12.9. The minimum atomic E-state index is 0.283. The van der Waals surface area contributed by atoms with Crippen molar-refractivity contribution in [3.8, 4) is 0 Å². The number of nitrogens with zero attached hydrogens (tertiary/aromatic N) is 1. The summed E-state index contributed by atoms with van der Waals surface area (Å²) in [5.74, 6) is 0. The highest BCUT2D eigenvalue weighted by molar-refractivity contribution is 9.10. The van der Waals surface area contributed by atoms with Crippen molar-refractivity contribution >= 4 is 21.6 Å². The van der Waals surface area contributed by atoms with Crippen LogP contribution in [0.5, 0.6) is 0 Å². The molecule has 1 aliphatic rings. The number of anilines is 1. The lowest BCUT2D eigenvalue weighted by atomic mass is 10.1. The predicted octanol–water partition coefficient (Wildman–Crippen LogP) is 2.80. The third kappa shape index (κ3) is 5.25. The Morgan fingerprint density at radius 2 is 2.33 bits per heavy atom. The standard InChI is InChI=1S/C16H25BrN2O2/c1-13-12-19(7-3-8-21-13)16-5-4-15(17)10-14(16)11-18-6-9-20-2/h4-5,10,13,18H,3,6-9,11-12H2,1-2H3. The fourth-order valence-corrected chi connectivity index (χ4v) is 3.02. The van der Waals surface area contributed by atoms with Crippen LogP contribution in [-0.4, -0.2) is 46.1 Å². The molecule has 0 spiro atoms. The summed E-state index contributed by atoms with van der Waals surface area (Å²) < 4.78 is 11.9. The lowest BCUT2D eigenvalue weighted by molar-refractivity contribution is 0.0821. The second kappa shape index (κ2) is 8.73. The molecular formula is C16H25BrN2O2. The molecule has 21 heavy (non-hydrogen) atoms. The Morgan fingerprint density at radius 3 is 3.14 bits per heavy atom. The Hall–Kier alpha value is -0.620. The lowest BCUT2D eigenvalue weighted by Crippen LogP contribution is -2.31. The fraction of sp³-hybridized carbons (Fsp3) is 0.625. The Kier molecular flexibility index (Phi) is 6.96. The van der Waals surface area contributed by atoms with Crippen LogP contribution >= 0.6 is 15.9 Å². The molecule has 1 fully saturated rings. The highest BCUT2D eigenvalue weighted by Crippen LogP contribution is 2.26. The minimum absolute atomic E-state index is 0.283. The number of methoxy groups -OCH3 is 1. The fourth-order valence-electron chi connectivity index (χ4n) is 2.61. The van der Waals surface area contributed by atoms with Gasteiger partial charge in [-0.05, 0) is 37.1 Å². The van der Waals surface area contributed by atoms with E-state index in [-0.39, 0.29) is 6.10 Å². The second-order valence-corrected chi connectivity index (χ2v) is 6.34. The molecule has 1 N–H and O–H groups in total. The normalized spacial score (nSPS) is 19.6. The van der Waals surface area contributed by atoms with Crippen LogP contribution < -0.4 is 10.2 Å². The average molecular weight is 357 g/mol. The largest absolute Gasteiger partial charge is 0.383 e. The van der Waals surface area contributed by atoms with Gasteiger partial charge in [0.2, 0.25) is 0 Å². The number of benzene rings is 1. The molecule has 1 aromatic carbocycles. The van der Waals surface area contributed by atoms with Gasteiger partial charge >= 0.3 is 0 Å². The van der Waals surface area contributed by atoms with Crippen molar-refractivity contribution in [1.82, 2.24) is 5.32 Å². The van der Waals surface area contributed by atoms with E-state index in [9.17, 15) is 0 Å². The Morgan fingerprint density at radius 1 is 1.48 bits per heavy atom. The van der Waals surface area contributed by atoms with Crippen molar-refractivity contribution in [2.75, 3.05) is 44.9 Å². The first-order valence-corrected chi connectivity index (χ1v) is 8.34. The van der Waals surface area contributed by atoms with Crippen molar-refractivity contribution in [2.45, 2.75) is 26.0 Å². The highest BCUT2D eigenvalue weighted by atomic mass is 79.9. The van der Waals surface area contributed by atoms with Gasteiger partial charge in [-0.15, -0.1) is 0 Å². The zero-order chi connectivity index (χ0) is 15.1. The maximum atomic E-state index is 5.75. The molecule has 0 aromatic heterocycles. The summed E-state index contributed by atoms with van der Waals surface area (Å²) in [4.78, 5) is 2.44. The second-order valence-electron chi connectivity index (χ2n) is 5.42. The first-order valence-electron chi connectivity index (χ1n) is 7.55. The van der Waals surface area contributed by atoms with Crippen LogP contribution in [0, 0.1) is 0 Å². The van der Waals surface area contributed by atoms with E-state index >= 15 is 0 Å². The maximum Gasteiger partial charge on any atom is 0.0721 e.